The first-order valence-corrected chi connectivity index (χ1v) is 12.5. The molecule has 2 aliphatic rings. The van der Waals surface area contributed by atoms with E-state index in [2.05, 4.69) is 20.2 Å². The molecule has 1 aromatic carbocycles. The molecule has 0 saturated carbocycles. The number of nitrogens with zero attached hydrogens (tertiary/aromatic N) is 8. The van der Waals surface area contributed by atoms with Gasteiger partial charge in [-0.1, -0.05) is 0 Å². The van der Waals surface area contributed by atoms with Gasteiger partial charge in [0.25, 0.3) is 5.88 Å². The number of likely N-dealkylation sites (tertiary alicyclic amines) is 1. The van der Waals surface area contributed by atoms with Crippen LogP contribution in [0.2, 0.25) is 0 Å². The summed E-state index contributed by atoms with van der Waals surface area (Å²) >= 11 is 0. The zero-order valence-electron chi connectivity index (χ0n) is 22.3. The maximum atomic E-state index is 14.6. The monoisotopic (exact) mass is 556 g/mol. The van der Waals surface area contributed by atoms with Gasteiger partial charge in [-0.2, -0.15) is 19.6 Å². The van der Waals surface area contributed by atoms with Crippen LogP contribution in [0, 0.1) is 31.3 Å². The van der Waals surface area contributed by atoms with E-state index in [9.17, 15) is 22.8 Å². The van der Waals surface area contributed by atoms with Crippen molar-refractivity contribution < 1.29 is 27.5 Å². The fourth-order valence-corrected chi connectivity index (χ4v) is 4.61. The minimum Gasteiger partial charge on any atom is -0.468 e. The van der Waals surface area contributed by atoms with Crippen molar-refractivity contribution in [3.8, 4) is 17.3 Å². The number of carbonyl (C=O) groups excluding carboxylic acids is 2. The molecule has 1 fully saturated rings. The van der Waals surface area contributed by atoms with E-state index in [1.165, 1.54) is 33.2 Å². The Kier molecular flexibility index (Phi) is 7.17. The number of halogens is 3. The van der Waals surface area contributed by atoms with Gasteiger partial charge in [-0.3, -0.25) is 9.48 Å². The number of hydrogen-bond donors (Lipinski definition) is 0. The van der Waals surface area contributed by atoms with E-state index in [-0.39, 0.29) is 37.2 Å². The van der Waals surface area contributed by atoms with E-state index in [0.29, 0.717) is 28.9 Å². The molecular formula is C26H27F3N8O3. The first-order valence-electron chi connectivity index (χ1n) is 12.5. The van der Waals surface area contributed by atoms with Gasteiger partial charge in [-0.05, 0) is 31.5 Å². The molecule has 3 aromatic rings. The number of rotatable bonds is 6. The van der Waals surface area contributed by atoms with Gasteiger partial charge in [-0.25, -0.2) is 23.6 Å². The molecule has 14 heteroatoms. The highest BCUT2D eigenvalue weighted by Crippen LogP contribution is 2.32. The lowest BCUT2D eigenvalue weighted by atomic mass is 10.0. The van der Waals surface area contributed by atoms with Crippen LogP contribution < -0.4 is 4.74 Å². The van der Waals surface area contributed by atoms with Gasteiger partial charge in [-0.15, -0.1) is 0 Å². The Hall–Kier alpha value is -4.49. The topological polar surface area (TPSA) is 109 Å². The van der Waals surface area contributed by atoms with Crippen LogP contribution in [-0.2, 0) is 11.3 Å². The Morgan fingerprint density at radius 1 is 1.10 bits per heavy atom. The van der Waals surface area contributed by atoms with E-state index in [1.807, 2.05) is 0 Å². The van der Waals surface area contributed by atoms with E-state index < -0.39 is 35.6 Å². The molecule has 210 valence electrons. The van der Waals surface area contributed by atoms with Crippen LogP contribution >= 0.6 is 0 Å². The Bertz CT molecular complexity index is 1480. The van der Waals surface area contributed by atoms with Crippen LogP contribution in [0.15, 0.2) is 29.5 Å². The highest BCUT2D eigenvalue weighted by atomic mass is 19.1. The van der Waals surface area contributed by atoms with E-state index in [1.54, 1.807) is 32.6 Å². The molecule has 4 heterocycles. The lowest BCUT2D eigenvalue weighted by molar-refractivity contribution is -0.129. The molecular weight excluding hydrogens is 529 g/mol. The van der Waals surface area contributed by atoms with Gasteiger partial charge >= 0.3 is 6.03 Å². The number of hydrazone groups is 1. The number of aryl methyl sites for hydroxylation is 1. The number of amides is 3. The third kappa shape index (κ3) is 5.20. The lowest BCUT2D eigenvalue weighted by Gasteiger charge is -2.40. The average Bonchev–Trinajstić information content (AvgIpc) is 3.46. The zero-order chi connectivity index (χ0) is 28.7. The maximum absolute atomic E-state index is 14.6. The molecule has 2 aromatic heterocycles. The summed E-state index contributed by atoms with van der Waals surface area (Å²) in [6.45, 7) is 3.82. The molecule has 5 rings (SSSR count). The van der Waals surface area contributed by atoms with Crippen LogP contribution in [-0.4, -0.2) is 86.0 Å². The fraction of sp³-hybridized carbons (Fsp3) is 0.385. The first-order chi connectivity index (χ1) is 19.0. The molecule has 3 amide bonds. The van der Waals surface area contributed by atoms with Crippen molar-refractivity contribution in [2.24, 2.45) is 5.10 Å². The molecule has 1 atom stereocenters. The Balaban J connectivity index is 1.26. The van der Waals surface area contributed by atoms with Crippen LogP contribution in [0.3, 0.4) is 0 Å². The number of likely N-dealkylation sites (N-methyl/N-ethyl adjacent to an activating group) is 1. The van der Waals surface area contributed by atoms with Gasteiger partial charge in [0.1, 0.15) is 24.3 Å². The van der Waals surface area contributed by atoms with Gasteiger partial charge in [0.05, 0.1) is 36.6 Å². The summed E-state index contributed by atoms with van der Waals surface area (Å²) in [6.07, 6.45) is 2.29. The summed E-state index contributed by atoms with van der Waals surface area (Å²) in [5.41, 5.74) is 2.08. The van der Waals surface area contributed by atoms with Crippen molar-refractivity contribution in [3.05, 3.63) is 58.8 Å². The van der Waals surface area contributed by atoms with Crippen LogP contribution in [0.1, 0.15) is 29.4 Å². The average molecular weight is 557 g/mol. The summed E-state index contributed by atoms with van der Waals surface area (Å²) < 4.78 is 49.3. The van der Waals surface area contributed by atoms with Crippen molar-refractivity contribution in [2.75, 3.05) is 27.2 Å². The maximum Gasteiger partial charge on any atom is 0.341 e. The fourth-order valence-electron chi connectivity index (χ4n) is 4.61. The van der Waals surface area contributed by atoms with Crippen molar-refractivity contribution in [3.63, 3.8) is 0 Å². The molecule has 2 aliphatic heterocycles. The molecule has 0 N–H and O–H groups in total. The highest BCUT2D eigenvalue weighted by Gasteiger charge is 2.39. The molecule has 11 nitrogen and oxygen atoms in total. The zero-order valence-corrected chi connectivity index (χ0v) is 22.3. The predicted octanol–water partition coefficient (Wildman–Crippen LogP) is 3.08. The molecule has 0 spiro atoms. The Labute approximate surface area is 227 Å². The first kappa shape index (κ1) is 27.1. The summed E-state index contributed by atoms with van der Waals surface area (Å²) in [7, 11) is 3.30. The smallest absolute Gasteiger partial charge is 0.341 e. The van der Waals surface area contributed by atoms with Gasteiger partial charge in [0, 0.05) is 38.5 Å². The van der Waals surface area contributed by atoms with E-state index in [0.717, 1.165) is 12.3 Å². The van der Waals surface area contributed by atoms with Crippen LogP contribution in [0.4, 0.5) is 18.0 Å². The number of urea groups is 1. The van der Waals surface area contributed by atoms with Crippen LogP contribution in [0.25, 0.3) is 11.4 Å². The van der Waals surface area contributed by atoms with Crippen molar-refractivity contribution in [2.45, 2.75) is 39.0 Å². The molecule has 0 aliphatic carbocycles. The summed E-state index contributed by atoms with van der Waals surface area (Å²) in [4.78, 5) is 36.5. The number of aromatic nitrogens is 4. The van der Waals surface area contributed by atoms with Gasteiger partial charge in [0.15, 0.2) is 5.82 Å². The van der Waals surface area contributed by atoms with Crippen molar-refractivity contribution in [1.82, 2.24) is 34.6 Å². The third-order valence-electron chi connectivity index (χ3n) is 6.79. The quantitative estimate of drug-likeness (QED) is 0.462. The second kappa shape index (κ2) is 10.6. The van der Waals surface area contributed by atoms with Crippen molar-refractivity contribution >= 4 is 18.2 Å². The normalized spacial score (nSPS) is 16.8. The highest BCUT2D eigenvalue weighted by molar-refractivity contribution is 5.79. The lowest BCUT2D eigenvalue weighted by Crippen LogP contribution is -2.59. The molecule has 0 bridgehead atoms. The second-order valence-corrected chi connectivity index (χ2v) is 9.86. The third-order valence-corrected chi connectivity index (χ3v) is 6.79. The number of hydrogen-bond acceptors (Lipinski definition) is 7. The number of ether oxygens (including phenoxy) is 1. The molecule has 1 unspecified atom stereocenters. The largest absolute Gasteiger partial charge is 0.468 e. The van der Waals surface area contributed by atoms with E-state index in [4.69, 9.17) is 4.74 Å². The predicted molar refractivity (Wildman–Crippen MR) is 137 cm³/mol. The van der Waals surface area contributed by atoms with Gasteiger partial charge in [0.2, 0.25) is 11.7 Å². The number of carbonyl (C=O) groups is 2. The van der Waals surface area contributed by atoms with Crippen molar-refractivity contribution in [1.29, 1.82) is 0 Å². The van der Waals surface area contributed by atoms with Gasteiger partial charge < -0.3 is 14.5 Å². The minimum atomic E-state index is -0.767. The molecule has 1 saturated heterocycles. The molecule has 40 heavy (non-hydrogen) atoms. The Morgan fingerprint density at radius 3 is 2.48 bits per heavy atom. The summed E-state index contributed by atoms with van der Waals surface area (Å²) in [6, 6.07) is 2.01. The second-order valence-electron chi connectivity index (χ2n) is 9.86. The Morgan fingerprint density at radius 2 is 1.80 bits per heavy atom. The number of benzene rings is 1. The SMILES string of the molecule is Cc1nn(CC(=O)N(C)C)c(C)c1-c1ncc(F)c(OC2CN(C(=O)N3N=CCC3c3cc(F)cc(F)c3)C2)n1. The molecule has 0 radical (unpaired) electrons. The van der Waals surface area contributed by atoms with E-state index >= 15 is 0 Å². The minimum absolute atomic E-state index is 0.0340. The van der Waals surface area contributed by atoms with Crippen LogP contribution in [0.5, 0.6) is 5.88 Å². The summed E-state index contributed by atoms with van der Waals surface area (Å²) in [5.74, 6) is -2.46. The summed E-state index contributed by atoms with van der Waals surface area (Å²) in [5, 5.41) is 9.67. The standard InChI is InChI=1S/C26H27F3N8O3/c1-14-23(15(2)36(33-14)13-22(38)34(3)4)24-30-10-20(29)25(32-24)40-19-11-35(12-19)26(39)37-21(5-6-31-37)16-7-17(27)9-18(28)8-16/h6-10,19,21H,5,11-13H2,1-4H3.